The predicted molar refractivity (Wildman–Crippen MR) is 39.8 cm³/mol. The summed E-state index contributed by atoms with van der Waals surface area (Å²) in [6, 6.07) is 5.73. The maximum atomic E-state index is 12.0. The summed E-state index contributed by atoms with van der Waals surface area (Å²) in [5, 5.41) is 0. The molecule has 1 rings (SSSR count). The molecule has 0 fully saturated rings. The van der Waals surface area contributed by atoms with Gasteiger partial charge in [-0.1, -0.05) is 0 Å². The third-order valence-corrected chi connectivity index (χ3v) is 1.64. The normalized spacial score (nSPS) is 11.7. The third-order valence-electron chi connectivity index (χ3n) is 1.33. The number of rotatable bonds is 1. The molecule has 0 unspecified atom stereocenters. The van der Waals surface area contributed by atoms with Crippen molar-refractivity contribution in [1.29, 1.82) is 0 Å². The van der Waals surface area contributed by atoms with Gasteiger partial charge in [-0.25, -0.2) is 0 Å². The topological polar surface area (TPSA) is 0 Å². The second kappa shape index (κ2) is 3.35. The summed E-state index contributed by atoms with van der Waals surface area (Å²) in [5.74, 6) is 0.0699. The molecule has 0 aromatic heterocycles. The Morgan fingerprint density at radius 1 is 1.33 bits per heavy atom. The van der Waals surface area contributed by atoms with Crippen LogP contribution in [0.3, 0.4) is 0 Å². The fraction of sp³-hybridized carbons (Fsp3) is 0.250. The van der Waals surface area contributed by atoms with E-state index in [2.05, 4.69) is 6.07 Å². The summed E-state index contributed by atoms with van der Waals surface area (Å²) in [4.78, 5) is 0. The van der Waals surface area contributed by atoms with E-state index >= 15 is 0 Å². The van der Waals surface area contributed by atoms with Crippen LogP contribution >= 0.6 is 11.6 Å². The summed E-state index contributed by atoms with van der Waals surface area (Å²) in [5.41, 5.74) is -0.285. The van der Waals surface area contributed by atoms with Gasteiger partial charge in [-0.3, -0.25) is 0 Å². The molecule has 0 saturated carbocycles. The summed E-state index contributed by atoms with van der Waals surface area (Å²) >= 11 is 5.36. The Kier molecular flexibility index (Phi) is 2.62. The Hall–Kier alpha value is -0.700. The number of alkyl halides is 4. The van der Waals surface area contributed by atoms with Gasteiger partial charge in [-0.15, -0.1) is 11.6 Å². The van der Waals surface area contributed by atoms with Gasteiger partial charge in [0.25, 0.3) is 0 Å². The van der Waals surface area contributed by atoms with Gasteiger partial charge < -0.3 is 0 Å². The fourth-order valence-electron chi connectivity index (χ4n) is 0.762. The summed E-state index contributed by atoms with van der Waals surface area (Å²) in [6.07, 6.45) is -4.31. The van der Waals surface area contributed by atoms with Crippen LogP contribution in [-0.2, 0) is 12.1 Å². The van der Waals surface area contributed by atoms with E-state index in [1.54, 1.807) is 0 Å². The van der Waals surface area contributed by atoms with Crippen LogP contribution in [0, 0.1) is 6.07 Å². The molecule has 0 bridgehead atoms. The van der Waals surface area contributed by atoms with E-state index in [-0.39, 0.29) is 5.88 Å². The van der Waals surface area contributed by atoms with E-state index in [0.717, 1.165) is 12.1 Å². The van der Waals surface area contributed by atoms with E-state index in [1.807, 2.05) is 0 Å². The molecule has 0 aliphatic heterocycles. The second-order valence-electron chi connectivity index (χ2n) is 2.26. The van der Waals surface area contributed by atoms with Gasteiger partial charge in [0.1, 0.15) is 0 Å². The Labute approximate surface area is 73.0 Å². The van der Waals surface area contributed by atoms with Crippen LogP contribution in [0.25, 0.3) is 0 Å². The van der Waals surface area contributed by atoms with Crippen molar-refractivity contribution in [2.45, 2.75) is 12.1 Å². The van der Waals surface area contributed by atoms with Crippen molar-refractivity contribution in [3.63, 3.8) is 0 Å². The van der Waals surface area contributed by atoms with Crippen molar-refractivity contribution < 1.29 is 13.2 Å². The van der Waals surface area contributed by atoms with Gasteiger partial charge in [-0.2, -0.15) is 13.2 Å². The maximum Gasteiger partial charge on any atom is 0.416 e. The molecule has 4 heteroatoms. The molecule has 0 atom stereocenters. The van der Waals surface area contributed by atoms with E-state index in [1.165, 1.54) is 6.07 Å². The van der Waals surface area contributed by atoms with Crippen LogP contribution in [0.5, 0.6) is 0 Å². The van der Waals surface area contributed by atoms with Crippen LogP contribution in [0.2, 0.25) is 0 Å². The number of benzene rings is 1. The van der Waals surface area contributed by atoms with Gasteiger partial charge >= 0.3 is 6.18 Å². The standard InChI is InChI=1S/C8H5ClF3/c9-5-6-2-1-3-7(4-6)8(10,11)12/h2-4H,5H2. The molecule has 1 radical (unpaired) electrons. The highest BCUT2D eigenvalue weighted by Crippen LogP contribution is 2.29. The van der Waals surface area contributed by atoms with Crippen molar-refractivity contribution in [3.8, 4) is 0 Å². The van der Waals surface area contributed by atoms with Crippen LogP contribution in [0.1, 0.15) is 11.1 Å². The van der Waals surface area contributed by atoms with Crippen molar-refractivity contribution in [3.05, 3.63) is 35.4 Å². The van der Waals surface area contributed by atoms with Crippen molar-refractivity contribution >= 4 is 11.6 Å². The number of hydrogen-bond acceptors (Lipinski definition) is 0. The largest absolute Gasteiger partial charge is 0.416 e. The first-order valence-corrected chi connectivity index (χ1v) is 3.70. The zero-order chi connectivity index (χ0) is 9.19. The third kappa shape index (κ3) is 2.14. The first kappa shape index (κ1) is 9.39. The SMILES string of the molecule is FC(F)(F)c1c[c]cc(CCl)c1. The smallest absolute Gasteiger partial charge is 0.166 e. The molecule has 1 aromatic carbocycles. The first-order valence-electron chi connectivity index (χ1n) is 3.17. The van der Waals surface area contributed by atoms with Gasteiger partial charge in [0.2, 0.25) is 0 Å². The predicted octanol–water partition coefficient (Wildman–Crippen LogP) is 3.24. The lowest BCUT2D eigenvalue weighted by atomic mass is 10.1. The van der Waals surface area contributed by atoms with Crippen molar-refractivity contribution in [2.75, 3.05) is 0 Å². The Morgan fingerprint density at radius 2 is 2.00 bits per heavy atom. The monoisotopic (exact) mass is 193 g/mol. The van der Waals surface area contributed by atoms with Crippen molar-refractivity contribution in [2.24, 2.45) is 0 Å². The van der Waals surface area contributed by atoms with Crippen LogP contribution in [0.15, 0.2) is 18.2 Å². The minimum atomic E-state index is -4.31. The van der Waals surface area contributed by atoms with Gasteiger partial charge in [0.05, 0.1) is 5.56 Å². The van der Waals surface area contributed by atoms with Crippen LogP contribution < -0.4 is 0 Å². The lowest BCUT2D eigenvalue weighted by Gasteiger charge is -2.06. The minimum absolute atomic E-state index is 0.0699. The molecule has 0 nitrogen and oxygen atoms in total. The van der Waals surface area contributed by atoms with E-state index in [0.29, 0.717) is 5.56 Å². The maximum absolute atomic E-state index is 12.0. The van der Waals surface area contributed by atoms with Crippen LogP contribution in [-0.4, -0.2) is 0 Å². The van der Waals surface area contributed by atoms with Crippen LogP contribution in [0.4, 0.5) is 13.2 Å². The highest BCUT2D eigenvalue weighted by Gasteiger charge is 2.30. The summed E-state index contributed by atoms with van der Waals surface area (Å²) in [6.45, 7) is 0. The first-order chi connectivity index (χ1) is 5.54. The van der Waals surface area contributed by atoms with E-state index < -0.39 is 11.7 Å². The molecule has 0 spiro atoms. The van der Waals surface area contributed by atoms with Gasteiger partial charge in [0, 0.05) is 5.88 Å². The highest BCUT2D eigenvalue weighted by molar-refractivity contribution is 6.17. The Balaban J connectivity index is 3.02. The molecule has 12 heavy (non-hydrogen) atoms. The lowest BCUT2D eigenvalue weighted by molar-refractivity contribution is -0.137. The summed E-state index contributed by atoms with van der Waals surface area (Å²) < 4.78 is 36.1. The zero-order valence-corrected chi connectivity index (χ0v) is 6.71. The minimum Gasteiger partial charge on any atom is -0.166 e. The quantitative estimate of drug-likeness (QED) is 0.601. The molecule has 1 aromatic rings. The Bertz CT molecular complexity index is 267. The average molecular weight is 194 g/mol. The van der Waals surface area contributed by atoms with Crippen molar-refractivity contribution in [1.82, 2.24) is 0 Å². The number of hydrogen-bond donors (Lipinski definition) is 0. The average Bonchev–Trinajstić information content (AvgIpc) is 2.03. The number of halogens is 4. The molecule has 65 valence electrons. The molecule has 0 saturated heterocycles. The zero-order valence-electron chi connectivity index (χ0n) is 5.95. The Morgan fingerprint density at radius 3 is 2.50 bits per heavy atom. The van der Waals surface area contributed by atoms with Gasteiger partial charge in [-0.05, 0) is 29.8 Å². The molecule has 0 aliphatic rings. The van der Waals surface area contributed by atoms with Gasteiger partial charge in [0.15, 0.2) is 0 Å². The molecule has 0 aliphatic carbocycles. The summed E-state index contributed by atoms with van der Waals surface area (Å²) in [7, 11) is 0. The second-order valence-corrected chi connectivity index (χ2v) is 2.53. The van der Waals surface area contributed by atoms with E-state index in [4.69, 9.17) is 11.6 Å². The molecule has 0 amide bonds. The molecular weight excluding hydrogens is 189 g/mol. The highest BCUT2D eigenvalue weighted by atomic mass is 35.5. The fourth-order valence-corrected chi connectivity index (χ4v) is 0.917. The van der Waals surface area contributed by atoms with E-state index in [9.17, 15) is 13.2 Å². The lowest BCUT2D eigenvalue weighted by Crippen LogP contribution is -2.04. The molecular formula is C8H5ClF3. The molecule has 0 N–H and O–H groups in total. The molecule has 0 heterocycles.